The highest BCUT2D eigenvalue weighted by molar-refractivity contribution is 9.10. The molecule has 1 N–H and O–H groups in total. The van der Waals surface area contributed by atoms with E-state index in [0.29, 0.717) is 24.1 Å². The predicted molar refractivity (Wildman–Crippen MR) is 114 cm³/mol. The highest BCUT2D eigenvalue weighted by atomic mass is 79.9. The maximum absolute atomic E-state index is 12.2. The van der Waals surface area contributed by atoms with Crippen LogP contribution >= 0.6 is 27.7 Å². The Labute approximate surface area is 176 Å². The second-order valence-electron chi connectivity index (χ2n) is 5.68. The zero-order valence-electron chi connectivity index (χ0n) is 15.6. The van der Waals surface area contributed by atoms with Gasteiger partial charge in [-0.25, -0.2) is 4.98 Å². The fourth-order valence-corrected chi connectivity index (χ4v) is 3.61. The van der Waals surface area contributed by atoms with Crippen molar-refractivity contribution in [1.82, 2.24) is 19.7 Å². The Balaban J connectivity index is 1.72. The number of para-hydroxylation sites is 1. The number of halogens is 1. The minimum absolute atomic E-state index is 0.151. The average molecular weight is 462 g/mol. The van der Waals surface area contributed by atoms with Crippen molar-refractivity contribution in [3.63, 3.8) is 0 Å². The Morgan fingerprint density at radius 1 is 1.21 bits per heavy atom. The van der Waals surface area contributed by atoms with E-state index in [9.17, 15) is 4.79 Å². The van der Waals surface area contributed by atoms with Gasteiger partial charge in [-0.05, 0) is 54.0 Å². The molecule has 3 rings (SSSR count). The molecule has 28 heavy (non-hydrogen) atoms. The third-order valence-corrected chi connectivity index (χ3v) is 5.22. The van der Waals surface area contributed by atoms with Crippen LogP contribution in [0.4, 0.5) is 5.82 Å². The number of aromatic nitrogens is 4. The summed E-state index contributed by atoms with van der Waals surface area (Å²) in [7, 11) is 0. The van der Waals surface area contributed by atoms with Gasteiger partial charge in [-0.3, -0.25) is 4.79 Å². The second kappa shape index (κ2) is 9.70. The lowest BCUT2D eigenvalue weighted by Crippen LogP contribution is -2.15. The lowest BCUT2D eigenvalue weighted by molar-refractivity contribution is -0.113. The van der Waals surface area contributed by atoms with Crippen molar-refractivity contribution in [1.29, 1.82) is 0 Å². The van der Waals surface area contributed by atoms with Crippen molar-refractivity contribution in [2.24, 2.45) is 0 Å². The van der Waals surface area contributed by atoms with Gasteiger partial charge in [0.15, 0.2) is 11.0 Å². The summed E-state index contributed by atoms with van der Waals surface area (Å²) >= 11 is 4.66. The second-order valence-corrected chi connectivity index (χ2v) is 7.54. The van der Waals surface area contributed by atoms with Gasteiger partial charge >= 0.3 is 0 Å². The van der Waals surface area contributed by atoms with Crippen molar-refractivity contribution in [2.45, 2.75) is 25.5 Å². The van der Waals surface area contributed by atoms with Crippen LogP contribution in [0, 0.1) is 0 Å². The molecule has 7 nitrogen and oxygen atoms in total. The zero-order chi connectivity index (χ0) is 19.9. The van der Waals surface area contributed by atoms with Gasteiger partial charge in [0.05, 0.1) is 17.9 Å². The summed E-state index contributed by atoms with van der Waals surface area (Å²) in [6, 6.07) is 11.3. The fraction of sp³-hybridized carbons (Fsp3) is 0.263. The summed E-state index contributed by atoms with van der Waals surface area (Å²) in [6.07, 6.45) is 1.64. The molecular weight excluding hydrogens is 442 g/mol. The molecule has 0 aliphatic carbocycles. The van der Waals surface area contributed by atoms with Crippen LogP contribution in [0.3, 0.4) is 0 Å². The molecule has 0 fully saturated rings. The zero-order valence-corrected chi connectivity index (χ0v) is 18.0. The van der Waals surface area contributed by atoms with Gasteiger partial charge < -0.3 is 14.6 Å². The Morgan fingerprint density at radius 3 is 2.75 bits per heavy atom. The van der Waals surface area contributed by atoms with Crippen molar-refractivity contribution < 1.29 is 9.53 Å². The first-order valence-corrected chi connectivity index (χ1v) is 10.6. The summed E-state index contributed by atoms with van der Waals surface area (Å²) < 4.78 is 8.55. The first kappa shape index (κ1) is 20.3. The lowest BCUT2D eigenvalue weighted by atomic mass is 10.2. The van der Waals surface area contributed by atoms with Crippen LogP contribution in [0.25, 0.3) is 11.4 Å². The number of amides is 1. The third kappa shape index (κ3) is 4.90. The van der Waals surface area contributed by atoms with Crippen LogP contribution in [0.15, 0.2) is 52.2 Å². The number of carbonyl (C=O) groups excluding carboxylic acids is 1. The monoisotopic (exact) mass is 461 g/mol. The number of nitrogens with zero attached hydrogens (tertiary/aromatic N) is 4. The normalized spacial score (nSPS) is 10.7. The van der Waals surface area contributed by atoms with Gasteiger partial charge in [-0.15, -0.1) is 10.2 Å². The first-order valence-electron chi connectivity index (χ1n) is 8.82. The van der Waals surface area contributed by atoms with E-state index in [2.05, 4.69) is 36.4 Å². The summed E-state index contributed by atoms with van der Waals surface area (Å²) in [5.74, 6) is 2.06. The van der Waals surface area contributed by atoms with Gasteiger partial charge in [0.1, 0.15) is 11.6 Å². The van der Waals surface area contributed by atoms with E-state index < -0.39 is 0 Å². The number of hydrogen-bond acceptors (Lipinski definition) is 6. The van der Waals surface area contributed by atoms with Gasteiger partial charge in [0, 0.05) is 17.2 Å². The Hall–Kier alpha value is -2.39. The van der Waals surface area contributed by atoms with Crippen LogP contribution < -0.4 is 10.1 Å². The van der Waals surface area contributed by atoms with E-state index in [1.165, 1.54) is 11.8 Å². The molecule has 146 valence electrons. The SMILES string of the molecule is CCOc1ccccc1-c1nnc(SCC(=O)Nc2ccc(Br)cn2)n1CC. The molecule has 2 aromatic heterocycles. The van der Waals surface area contributed by atoms with Gasteiger partial charge in [0.25, 0.3) is 0 Å². The molecule has 0 saturated carbocycles. The number of rotatable bonds is 8. The molecule has 0 aliphatic heterocycles. The number of thioether (sulfide) groups is 1. The summed E-state index contributed by atoms with van der Waals surface area (Å²) in [4.78, 5) is 16.4. The van der Waals surface area contributed by atoms with Gasteiger partial charge in [-0.2, -0.15) is 0 Å². The van der Waals surface area contributed by atoms with Crippen molar-refractivity contribution >= 4 is 39.4 Å². The molecule has 0 aliphatic rings. The number of pyridine rings is 1. The number of nitrogens with one attached hydrogen (secondary N) is 1. The molecule has 1 aromatic carbocycles. The fourth-order valence-electron chi connectivity index (χ4n) is 2.57. The Kier molecular flexibility index (Phi) is 7.05. The largest absolute Gasteiger partial charge is 0.493 e. The third-order valence-electron chi connectivity index (χ3n) is 3.79. The number of benzene rings is 1. The van der Waals surface area contributed by atoms with Crippen molar-refractivity contribution in [3.8, 4) is 17.1 Å². The number of carbonyl (C=O) groups is 1. The van der Waals surface area contributed by atoms with Crippen LogP contribution in [-0.4, -0.2) is 38.0 Å². The summed E-state index contributed by atoms with van der Waals surface area (Å²) in [5, 5.41) is 12.1. The number of hydrogen-bond donors (Lipinski definition) is 1. The molecule has 3 aromatic rings. The molecular formula is C19H20BrN5O2S. The molecule has 0 bridgehead atoms. The predicted octanol–water partition coefficient (Wildman–Crippen LogP) is 4.25. The van der Waals surface area contributed by atoms with Crippen LogP contribution in [-0.2, 0) is 11.3 Å². The van der Waals surface area contributed by atoms with Crippen molar-refractivity contribution in [3.05, 3.63) is 47.1 Å². The molecule has 0 saturated heterocycles. The maximum atomic E-state index is 12.2. The smallest absolute Gasteiger partial charge is 0.236 e. The van der Waals surface area contributed by atoms with Crippen LogP contribution in [0.2, 0.25) is 0 Å². The Bertz CT molecular complexity index is 946. The van der Waals surface area contributed by atoms with Crippen LogP contribution in [0.1, 0.15) is 13.8 Å². The maximum Gasteiger partial charge on any atom is 0.236 e. The highest BCUT2D eigenvalue weighted by Gasteiger charge is 2.17. The van der Waals surface area contributed by atoms with Crippen LogP contribution in [0.5, 0.6) is 5.75 Å². The topological polar surface area (TPSA) is 81.9 Å². The van der Waals surface area contributed by atoms with E-state index >= 15 is 0 Å². The summed E-state index contributed by atoms with van der Waals surface area (Å²) in [5.41, 5.74) is 0.883. The standard InChI is InChI=1S/C19H20BrN5O2S/c1-3-25-18(14-7-5-6-8-15(14)27-4-2)23-24-19(25)28-12-17(26)22-16-10-9-13(20)11-21-16/h5-11H,3-4,12H2,1-2H3,(H,21,22,26). The molecule has 0 unspecified atom stereocenters. The van der Waals surface area contributed by atoms with E-state index in [-0.39, 0.29) is 11.7 Å². The van der Waals surface area contributed by atoms with E-state index in [1.54, 1.807) is 12.3 Å². The first-order chi connectivity index (χ1) is 13.6. The molecule has 1 amide bonds. The molecule has 2 heterocycles. The highest BCUT2D eigenvalue weighted by Crippen LogP contribution is 2.31. The molecule has 9 heteroatoms. The average Bonchev–Trinajstić information content (AvgIpc) is 3.11. The van der Waals surface area contributed by atoms with E-state index in [1.807, 2.05) is 48.7 Å². The minimum Gasteiger partial charge on any atom is -0.493 e. The lowest BCUT2D eigenvalue weighted by Gasteiger charge is -2.11. The number of ether oxygens (including phenoxy) is 1. The van der Waals surface area contributed by atoms with Gasteiger partial charge in [-0.1, -0.05) is 23.9 Å². The quantitative estimate of drug-likeness (QED) is 0.504. The molecule has 0 radical (unpaired) electrons. The molecule has 0 spiro atoms. The van der Waals surface area contributed by atoms with Crippen molar-refractivity contribution in [2.75, 3.05) is 17.7 Å². The number of anilines is 1. The minimum atomic E-state index is -0.151. The Morgan fingerprint density at radius 2 is 2.04 bits per heavy atom. The van der Waals surface area contributed by atoms with E-state index in [4.69, 9.17) is 4.74 Å². The molecule has 0 atom stereocenters. The van der Waals surface area contributed by atoms with E-state index in [0.717, 1.165) is 21.6 Å². The van der Waals surface area contributed by atoms with Gasteiger partial charge in [0.2, 0.25) is 5.91 Å². The summed E-state index contributed by atoms with van der Waals surface area (Å²) in [6.45, 7) is 5.22.